The maximum atomic E-state index is 4.32. The summed E-state index contributed by atoms with van der Waals surface area (Å²) in [6, 6.07) is 18.0. The van der Waals surface area contributed by atoms with Gasteiger partial charge in [0.25, 0.3) is 0 Å². The van der Waals surface area contributed by atoms with Gasteiger partial charge < -0.3 is 0 Å². The Morgan fingerprint density at radius 1 is 0.842 bits per heavy atom. The molecule has 0 saturated carbocycles. The molecule has 19 heavy (non-hydrogen) atoms. The first kappa shape index (κ1) is 10.2. The van der Waals surface area contributed by atoms with Crippen LogP contribution in [0.15, 0.2) is 60.8 Å². The third-order valence-corrected chi connectivity index (χ3v) is 3.18. The smallest absolute Gasteiger partial charge is 0.113 e. The van der Waals surface area contributed by atoms with Gasteiger partial charge in [0.1, 0.15) is 5.52 Å². The van der Waals surface area contributed by atoms with Crippen molar-refractivity contribution in [3.05, 3.63) is 60.8 Å². The molecule has 0 aliphatic rings. The lowest BCUT2D eigenvalue weighted by Crippen LogP contribution is -1.96. The Morgan fingerprint density at radius 2 is 1.79 bits per heavy atom. The summed E-state index contributed by atoms with van der Waals surface area (Å²) < 4.78 is 1.85. The van der Waals surface area contributed by atoms with E-state index in [-0.39, 0.29) is 0 Å². The van der Waals surface area contributed by atoms with Gasteiger partial charge in [0.05, 0.1) is 16.7 Å². The zero-order valence-electron chi connectivity index (χ0n) is 10.1. The average molecular weight is 246 g/mol. The molecule has 90 valence electrons. The summed E-state index contributed by atoms with van der Waals surface area (Å²) in [7, 11) is 0. The van der Waals surface area contributed by atoms with E-state index < -0.39 is 0 Å². The lowest BCUT2D eigenvalue weighted by molar-refractivity contribution is 0.825. The summed E-state index contributed by atoms with van der Waals surface area (Å²) in [5.74, 6) is 0. The van der Waals surface area contributed by atoms with Crippen molar-refractivity contribution in [3.63, 3.8) is 0 Å². The van der Waals surface area contributed by atoms with Crippen molar-refractivity contribution >= 4 is 21.9 Å². The van der Waals surface area contributed by atoms with Crippen molar-refractivity contribution in [3.8, 4) is 5.69 Å². The minimum absolute atomic E-state index is 0.897. The van der Waals surface area contributed by atoms with E-state index in [4.69, 9.17) is 0 Å². The zero-order valence-corrected chi connectivity index (χ0v) is 10.1. The van der Waals surface area contributed by atoms with Crippen LogP contribution in [-0.2, 0) is 0 Å². The van der Waals surface area contributed by atoms with Crippen LogP contribution in [0.25, 0.3) is 27.6 Å². The molecule has 4 nitrogen and oxygen atoms in total. The van der Waals surface area contributed by atoms with Crippen LogP contribution in [0.4, 0.5) is 0 Å². The van der Waals surface area contributed by atoms with Gasteiger partial charge in [-0.25, -0.2) is 4.68 Å². The van der Waals surface area contributed by atoms with E-state index in [0.29, 0.717) is 0 Å². The summed E-state index contributed by atoms with van der Waals surface area (Å²) in [6.07, 6.45) is 1.80. The van der Waals surface area contributed by atoms with Gasteiger partial charge in [-0.15, -0.1) is 5.10 Å². The summed E-state index contributed by atoms with van der Waals surface area (Å²) in [4.78, 5) is 4.32. The fourth-order valence-electron chi connectivity index (χ4n) is 2.25. The van der Waals surface area contributed by atoms with E-state index in [1.54, 1.807) is 6.20 Å². The molecule has 4 aromatic rings. The number of pyridine rings is 1. The zero-order chi connectivity index (χ0) is 12.7. The highest BCUT2D eigenvalue weighted by Crippen LogP contribution is 2.19. The quantitative estimate of drug-likeness (QED) is 0.518. The number of hydrogen-bond acceptors (Lipinski definition) is 3. The van der Waals surface area contributed by atoms with E-state index in [1.807, 2.05) is 53.2 Å². The molecule has 2 heterocycles. The maximum Gasteiger partial charge on any atom is 0.113 e. The summed E-state index contributed by atoms with van der Waals surface area (Å²) >= 11 is 0. The van der Waals surface area contributed by atoms with Crippen molar-refractivity contribution < 1.29 is 0 Å². The van der Waals surface area contributed by atoms with Crippen LogP contribution in [-0.4, -0.2) is 20.0 Å². The molecule has 0 radical (unpaired) electrons. The van der Waals surface area contributed by atoms with Gasteiger partial charge >= 0.3 is 0 Å². The number of para-hydroxylation sites is 1. The largest absolute Gasteiger partial charge is 0.256 e. The molecule has 0 atom stereocenters. The number of fused-ring (bicyclic) bond motifs is 2. The lowest BCUT2D eigenvalue weighted by atomic mass is 10.2. The first-order valence-electron chi connectivity index (χ1n) is 6.07. The fourth-order valence-corrected chi connectivity index (χ4v) is 2.25. The molecule has 0 aliphatic heterocycles. The number of rotatable bonds is 1. The molecular formula is C15H10N4. The Kier molecular flexibility index (Phi) is 2.08. The predicted octanol–water partition coefficient (Wildman–Crippen LogP) is 2.97. The fraction of sp³-hybridized carbons (Fsp3) is 0. The SMILES string of the molecule is c1cnc2ccc(-n3nnc4ccccc43)cc2c1. The minimum Gasteiger partial charge on any atom is -0.256 e. The predicted molar refractivity (Wildman–Crippen MR) is 74.2 cm³/mol. The number of aromatic nitrogens is 4. The van der Waals surface area contributed by atoms with Gasteiger partial charge in [-0.3, -0.25) is 4.98 Å². The van der Waals surface area contributed by atoms with Gasteiger partial charge in [-0.05, 0) is 36.4 Å². The second kappa shape index (κ2) is 3.88. The van der Waals surface area contributed by atoms with E-state index in [9.17, 15) is 0 Å². The van der Waals surface area contributed by atoms with Crippen LogP contribution >= 0.6 is 0 Å². The Bertz CT molecular complexity index is 879. The molecule has 4 rings (SSSR count). The summed E-state index contributed by atoms with van der Waals surface area (Å²) in [5, 5.41) is 9.49. The van der Waals surface area contributed by atoms with Gasteiger partial charge in [-0.2, -0.15) is 0 Å². The molecule has 2 aromatic carbocycles. The monoisotopic (exact) mass is 246 g/mol. The molecule has 0 N–H and O–H groups in total. The molecule has 0 bridgehead atoms. The van der Waals surface area contributed by atoms with Crippen molar-refractivity contribution in [2.75, 3.05) is 0 Å². The van der Waals surface area contributed by atoms with E-state index in [0.717, 1.165) is 27.6 Å². The molecule has 0 spiro atoms. The molecule has 4 heteroatoms. The molecule has 0 fully saturated rings. The minimum atomic E-state index is 0.897. The van der Waals surface area contributed by atoms with Crippen LogP contribution < -0.4 is 0 Å². The average Bonchev–Trinajstić information content (AvgIpc) is 2.91. The van der Waals surface area contributed by atoms with Gasteiger partial charge in [-0.1, -0.05) is 23.4 Å². The van der Waals surface area contributed by atoms with E-state index in [2.05, 4.69) is 21.4 Å². The Hall–Kier alpha value is -2.75. The van der Waals surface area contributed by atoms with Gasteiger partial charge in [0.2, 0.25) is 0 Å². The summed E-state index contributed by atoms with van der Waals surface area (Å²) in [6.45, 7) is 0. The molecule has 0 aliphatic carbocycles. The third kappa shape index (κ3) is 1.57. The van der Waals surface area contributed by atoms with Crippen molar-refractivity contribution in [2.24, 2.45) is 0 Å². The highest BCUT2D eigenvalue weighted by atomic mass is 15.4. The van der Waals surface area contributed by atoms with Crippen LogP contribution in [0, 0.1) is 0 Å². The molecular weight excluding hydrogens is 236 g/mol. The second-order valence-electron chi connectivity index (χ2n) is 4.37. The van der Waals surface area contributed by atoms with Crippen LogP contribution in [0.2, 0.25) is 0 Å². The van der Waals surface area contributed by atoms with Crippen molar-refractivity contribution in [2.45, 2.75) is 0 Å². The van der Waals surface area contributed by atoms with Gasteiger partial charge in [0, 0.05) is 11.6 Å². The van der Waals surface area contributed by atoms with Crippen LogP contribution in [0.5, 0.6) is 0 Å². The standard InChI is InChI=1S/C15H10N4/c1-2-6-15-14(5-1)17-18-19(15)12-7-8-13-11(10-12)4-3-9-16-13/h1-10H. The maximum absolute atomic E-state index is 4.32. The molecule has 0 amide bonds. The highest BCUT2D eigenvalue weighted by Gasteiger charge is 2.06. The summed E-state index contributed by atoms with van der Waals surface area (Å²) in [5.41, 5.74) is 3.88. The Balaban J connectivity index is 1.99. The molecule has 2 aromatic heterocycles. The molecule has 0 saturated heterocycles. The van der Waals surface area contributed by atoms with E-state index in [1.165, 1.54) is 0 Å². The van der Waals surface area contributed by atoms with Crippen molar-refractivity contribution in [1.29, 1.82) is 0 Å². The first-order valence-corrected chi connectivity index (χ1v) is 6.07. The van der Waals surface area contributed by atoms with Crippen molar-refractivity contribution in [1.82, 2.24) is 20.0 Å². The van der Waals surface area contributed by atoms with Crippen LogP contribution in [0.1, 0.15) is 0 Å². The first-order chi connectivity index (χ1) is 9.42. The Labute approximate surface area is 109 Å². The van der Waals surface area contributed by atoms with Gasteiger partial charge in [0.15, 0.2) is 0 Å². The third-order valence-electron chi connectivity index (χ3n) is 3.18. The van der Waals surface area contributed by atoms with Crippen LogP contribution in [0.3, 0.4) is 0 Å². The Morgan fingerprint density at radius 3 is 2.79 bits per heavy atom. The highest BCUT2D eigenvalue weighted by molar-refractivity contribution is 5.82. The topological polar surface area (TPSA) is 43.6 Å². The van der Waals surface area contributed by atoms with E-state index >= 15 is 0 Å². The normalized spacial score (nSPS) is 11.2. The molecule has 0 unspecified atom stereocenters. The second-order valence-corrected chi connectivity index (χ2v) is 4.37. The number of hydrogen-bond donors (Lipinski definition) is 0. The number of nitrogens with zero attached hydrogens (tertiary/aromatic N) is 4. The number of benzene rings is 2. The lowest BCUT2D eigenvalue weighted by Gasteiger charge is -2.03.